The first kappa shape index (κ1) is 36.0. The van der Waals surface area contributed by atoms with E-state index in [2.05, 4.69) is 20.7 Å². The van der Waals surface area contributed by atoms with Crippen LogP contribution in [0.1, 0.15) is 65.5 Å². The number of carbonyl (C=O) groups is 1. The fraction of sp³-hybridized carbons (Fsp3) is 0.533. The van der Waals surface area contributed by atoms with E-state index in [1.807, 2.05) is 0 Å². The summed E-state index contributed by atoms with van der Waals surface area (Å²) in [6, 6.07) is 4.19. The predicted octanol–water partition coefficient (Wildman–Crippen LogP) is 6.89. The number of aryl methyl sites for hydroxylation is 1. The van der Waals surface area contributed by atoms with Crippen LogP contribution in [0, 0.1) is 11.8 Å². The summed E-state index contributed by atoms with van der Waals surface area (Å²) < 4.78 is 122. The maximum Gasteiger partial charge on any atom is 0.416 e. The molecule has 3 aromatic rings. The van der Waals surface area contributed by atoms with Gasteiger partial charge in [-0.15, -0.1) is 5.10 Å². The van der Waals surface area contributed by atoms with Crippen molar-refractivity contribution in [3.8, 4) is 0 Å². The molecule has 1 saturated carbocycles. The van der Waals surface area contributed by atoms with Gasteiger partial charge in [-0.05, 0) is 109 Å². The van der Waals surface area contributed by atoms with Crippen molar-refractivity contribution in [3.63, 3.8) is 0 Å². The summed E-state index contributed by atoms with van der Waals surface area (Å²) in [7, 11) is 1.38. The summed E-state index contributed by atoms with van der Waals surface area (Å²) in [6.45, 7) is 0.0230. The minimum Gasteiger partial charge on any atom is -0.481 e. The SMILES string of the molecule is Cn1nnc(N(Cc2cc(C(F)(F)F)cc(C(F)(F)F)c2)Cc2cc(C(F)(F)F)ccc2CCNCC2CCC(CC(=O)O)CC2)n1. The van der Waals surface area contributed by atoms with Crippen molar-refractivity contribution in [1.29, 1.82) is 0 Å². The van der Waals surface area contributed by atoms with Crippen LogP contribution < -0.4 is 10.2 Å². The lowest BCUT2D eigenvalue weighted by Gasteiger charge is -2.28. The number of anilines is 1. The molecule has 0 radical (unpaired) electrons. The van der Waals surface area contributed by atoms with Gasteiger partial charge in [-0.2, -0.15) is 44.3 Å². The van der Waals surface area contributed by atoms with Crippen LogP contribution in [0.3, 0.4) is 0 Å². The second-order valence-corrected chi connectivity index (χ2v) is 11.8. The monoisotopic (exact) mass is 680 g/mol. The van der Waals surface area contributed by atoms with Gasteiger partial charge in [-0.25, -0.2) is 0 Å². The number of nitrogens with zero attached hydrogens (tertiary/aromatic N) is 5. The van der Waals surface area contributed by atoms with Gasteiger partial charge in [0.25, 0.3) is 5.95 Å². The second-order valence-electron chi connectivity index (χ2n) is 11.8. The maximum atomic E-state index is 13.7. The molecule has 0 bridgehead atoms. The van der Waals surface area contributed by atoms with E-state index in [1.54, 1.807) is 0 Å². The summed E-state index contributed by atoms with van der Waals surface area (Å²) in [5, 5.41) is 23.8. The van der Waals surface area contributed by atoms with E-state index >= 15 is 0 Å². The van der Waals surface area contributed by atoms with Crippen molar-refractivity contribution in [2.24, 2.45) is 18.9 Å². The molecule has 8 nitrogen and oxygen atoms in total. The molecule has 1 aromatic heterocycles. The molecule has 2 aromatic carbocycles. The summed E-state index contributed by atoms with van der Waals surface area (Å²) in [6.07, 6.45) is -11.2. The Labute approximate surface area is 263 Å². The van der Waals surface area contributed by atoms with E-state index in [-0.39, 0.29) is 42.9 Å². The zero-order valence-electron chi connectivity index (χ0n) is 25.2. The third-order valence-corrected chi connectivity index (χ3v) is 8.13. The first-order chi connectivity index (χ1) is 21.9. The molecule has 0 unspecified atom stereocenters. The smallest absolute Gasteiger partial charge is 0.416 e. The van der Waals surface area contributed by atoms with Gasteiger partial charge in [0, 0.05) is 19.5 Å². The summed E-state index contributed by atoms with van der Waals surface area (Å²) in [5.41, 5.74) is -3.84. The number of hydrogen-bond donors (Lipinski definition) is 2. The number of carboxylic acids is 1. The number of alkyl halides is 9. The van der Waals surface area contributed by atoms with Gasteiger partial charge in [0.15, 0.2) is 0 Å². The van der Waals surface area contributed by atoms with Crippen molar-refractivity contribution >= 4 is 11.9 Å². The number of hydrogen-bond acceptors (Lipinski definition) is 6. The molecule has 47 heavy (non-hydrogen) atoms. The van der Waals surface area contributed by atoms with Gasteiger partial charge < -0.3 is 15.3 Å². The van der Waals surface area contributed by atoms with Gasteiger partial charge in [-0.1, -0.05) is 11.2 Å². The molecule has 0 amide bonds. The first-order valence-corrected chi connectivity index (χ1v) is 14.8. The zero-order valence-corrected chi connectivity index (χ0v) is 25.2. The molecule has 1 aliphatic carbocycles. The van der Waals surface area contributed by atoms with E-state index in [4.69, 9.17) is 5.11 Å². The largest absolute Gasteiger partial charge is 0.481 e. The van der Waals surface area contributed by atoms with Crippen LogP contribution in [-0.4, -0.2) is 44.4 Å². The fourth-order valence-electron chi connectivity index (χ4n) is 5.74. The van der Waals surface area contributed by atoms with Gasteiger partial charge in [-0.3, -0.25) is 4.79 Å². The van der Waals surface area contributed by atoms with Crippen LogP contribution in [0.4, 0.5) is 45.5 Å². The summed E-state index contributed by atoms with van der Waals surface area (Å²) >= 11 is 0. The van der Waals surface area contributed by atoms with Crippen LogP contribution in [0.25, 0.3) is 0 Å². The fourth-order valence-corrected chi connectivity index (χ4v) is 5.74. The quantitative estimate of drug-likeness (QED) is 0.159. The van der Waals surface area contributed by atoms with Gasteiger partial charge in [0.05, 0.1) is 23.7 Å². The van der Waals surface area contributed by atoms with Crippen LogP contribution in [0.15, 0.2) is 36.4 Å². The summed E-state index contributed by atoms with van der Waals surface area (Å²) in [4.78, 5) is 13.1. The van der Waals surface area contributed by atoms with Crippen LogP contribution in [0.5, 0.6) is 0 Å². The summed E-state index contributed by atoms with van der Waals surface area (Å²) in [5.74, 6) is -0.576. The molecule has 0 spiro atoms. The lowest BCUT2D eigenvalue weighted by molar-refractivity contribution is -0.143. The molecule has 2 N–H and O–H groups in total. The van der Waals surface area contributed by atoms with E-state index < -0.39 is 53.3 Å². The van der Waals surface area contributed by atoms with Crippen LogP contribution in [-0.2, 0) is 49.9 Å². The normalized spacial score (nSPS) is 17.6. The van der Waals surface area contributed by atoms with E-state index in [9.17, 15) is 44.3 Å². The van der Waals surface area contributed by atoms with Crippen molar-refractivity contribution in [1.82, 2.24) is 25.5 Å². The number of nitrogens with one attached hydrogen (secondary N) is 1. The Balaban J connectivity index is 1.56. The first-order valence-electron chi connectivity index (χ1n) is 14.8. The Morgan fingerprint density at radius 3 is 1.98 bits per heavy atom. The molecule has 1 fully saturated rings. The van der Waals surface area contributed by atoms with E-state index in [0.717, 1.165) is 42.6 Å². The molecule has 4 rings (SSSR count). The molecule has 1 aliphatic rings. The van der Waals surface area contributed by atoms with Gasteiger partial charge in [0.2, 0.25) is 0 Å². The zero-order chi connectivity index (χ0) is 34.6. The minimum atomic E-state index is -5.09. The van der Waals surface area contributed by atoms with Crippen molar-refractivity contribution in [2.75, 3.05) is 18.0 Å². The predicted molar refractivity (Wildman–Crippen MR) is 151 cm³/mol. The maximum absolute atomic E-state index is 13.7. The number of carboxylic acid groups (broad SMARTS) is 1. The Morgan fingerprint density at radius 2 is 1.45 bits per heavy atom. The minimum absolute atomic E-state index is 0.00592. The Morgan fingerprint density at radius 1 is 0.851 bits per heavy atom. The van der Waals surface area contributed by atoms with E-state index in [0.29, 0.717) is 36.7 Å². The van der Waals surface area contributed by atoms with Crippen molar-refractivity contribution in [2.45, 2.75) is 70.1 Å². The number of halogens is 9. The highest BCUT2D eigenvalue weighted by atomic mass is 19.4. The molecule has 258 valence electrons. The third-order valence-electron chi connectivity index (χ3n) is 8.13. The Hall–Kier alpha value is -3.89. The lowest BCUT2D eigenvalue weighted by atomic mass is 9.80. The van der Waals surface area contributed by atoms with Gasteiger partial charge in [0.1, 0.15) is 0 Å². The van der Waals surface area contributed by atoms with Gasteiger partial charge >= 0.3 is 24.5 Å². The van der Waals surface area contributed by atoms with Crippen LogP contribution >= 0.6 is 0 Å². The van der Waals surface area contributed by atoms with Crippen molar-refractivity contribution < 1.29 is 49.4 Å². The molecule has 1 heterocycles. The lowest BCUT2D eigenvalue weighted by Crippen LogP contribution is -2.29. The highest BCUT2D eigenvalue weighted by Crippen LogP contribution is 2.37. The number of rotatable bonds is 12. The molecule has 17 heteroatoms. The number of aromatic nitrogens is 4. The highest BCUT2D eigenvalue weighted by molar-refractivity contribution is 5.67. The third kappa shape index (κ3) is 10.3. The highest BCUT2D eigenvalue weighted by Gasteiger charge is 2.37. The average molecular weight is 681 g/mol. The molecule has 0 aliphatic heterocycles. The van der Waals surface area contributed by atoms with Crippen molar-refractivity contribution in [3.05, 3.63) is 69.8 Å². The molecule has 0 atom stereocenters. The molecular formula is C30H33F9N6O2. The average Bonchev–Trinajstić information content (AvgIpc) is 3.40. The Bertz CT molecular complexity index is 1480. The molecular weight excluding hydrogens is 647 g/mol. The number of tetrazole rings is 1. The second kappa shape index (κ2) is 14.5. The van der Waals surface area contributed by atoms with Crippen LogP contribution in [0.2, 0.25) is 0 Å². The number of benzene rings is 2. The van der Waals surface area contributed by atoms with E-state index in [1.165, 1.54) is 18.0 Å². The topological polar surface area (TPSA) is 96.2 Å². The molecule has 0 saturated heterocycles. The number of aliphatic carboxylic acids is 1. The Kier molecular flexibility index (Phi) is 11.1. The standard InChI is InChI=1S/C30H33F9N6O2/c1-44-42-27(41-43-44)45(16-20-10-24(29(34,35)36)14-25(11-20)30(37,38)39)17-22-13-23(28(31,32)33)7-6-21(22)8-9-40-15-19-4-2-18(3-5-19)12-26(46)47/h6-7,10-11,13-14,18-19,40H,2-5,8-9,12,15-17H2,1H3,(H,46,47).